The molecule has 0 aliphatic heterocycles. The molecule has 1 amide bonds. The second-order valence-electron chi connectivity index (χ2n) is 4.25. The van der Waals surface area contributed by atoms with Crippen molar-refractivity contribution in [1.29, 1.82) is 0 Å². The molecule has 0 bridgehead atoms. The first-order valence-corrected chi connectivity index (χ1v) is 6.79. The summed E-state index contributed by atoms with van der Waals surface area (Å²) < 4.78 is 0. The predicted molar refractivity (Wildman–Crippen MR) is 80.2 cm³/mol. The van der Waals surface area contributed by atoms with E-state index in [1.807, 2.05) is 30.3 Å². The van der Waals surface area contributed by atoms with E-state index in [9.17, 15) is 9.90 Å². The Morgan fingerprint density at radius 2 is 1.80 bits per heavy atom. The van der Waals surface area contributed by atoms with Crippen molar-refractivity contribution in [3.63, 3.8) is 0 Å². The Morgan fingerprint density at radius 3 is 2.40 bits per heavy atom. The first-order valence-electron chi connectivity index (χ1n) is 6.03. The molecule has 0 saturated carbocycles. The van der Waals surface area contributed by atoms with Crippen molar-refractivity contribution in [2.75, 3.05) is 6.61 Å². The summed E-state index contributed by atoms with van der Waals surface area (Å²) in [5.41, 5.74) is 1.23. The highest BCUT2D eigenvalue weighted by atomic mass is 35.5. The molecular weight excluding hydrogens is 297 g/mol. The Hall–Kier alpha value is -1.55. The highest BCUT2D eigenvalue weighted by Gasteiger charge is 2.15. The van der Waals surface area contributed by atoms with E-state index in [0.29, 0.717) is 15.6 Å². The molecule has 2 aromatic rings. The van der Waals surface area contributed by atoms with E-state index in [1.54, 1.807) is 12.1 Å². The van der Waals surface area contributed by atoms with E-state index >= 15 is 0 Å². The monoisotopic (exact) mass is 309 g/mol. The smallest absolute Gasteiger partial charge is 0.251 e. The van der Waals surface area contributed by atoms with E-state index in [-0.39, 0.29) is 12.5 Å². The summed E-state index contributed by atoms with van der Waals surface area (Å²) in [6.45, 7) is -0.183. The molecule has 0 radical (unpaired) electrons. The minimum Gasteiger partial charge on any atom is -0.394 e. The zero-order valence-electron chi connectivity index (χ0n) is 10.5. The zero-order chi connectivity index (χ0) is 14.5. The lowest BCUT2D eigenvalue weighted by Crippen LogP contribution is -2.30. The first-order chi connectivity index (χ1) is 9.61. The standard InChI is InChI=1S/C15H13Cl2NO2/c16-12-7-6-11(8-13(12)17)15(20)18-14(9-19)10-4-2-1-3-5-10/h1-8,14,19H,9H2,(H,18,20). The summed E-state index contributed by atoms with van der Waals surface area (Å²) in [7, 11) is 0. The van der Waals surface area contributed by atoms with Gasteiger partial charge < -0.3 is 10.4 Å². The van der Waals surface area contributed by atoms with Gasteiger partial charge in [-0.05, 0) is 23.8 Å². The van der Waals surface area contributed by atoms with Gasteiger partial charge in [-0.1, -0.05) is 53.5 Å². The number of nitrogens with one attached hydrogen (secondary N) is 1. The Morgan fingerprint density at radius 1 is 1.10 bits per heavy atom. The molecule has 5 heteroatoms. The largest absolute Gasteiger partial charge is 0.394 e. The van der Waals surface area contributed by atoms with Gasteiger partial charge in [-0.2, -0.15) is 0 Å². The van der Waals surface area contributed by atoms with Crippen molar-refractivity contribution in [3.05, 3.63) is 69.7 Å². The average Bonchev–Trinajstić information content (AvgIpc) is 2.48. The number of rotatable bonds is 4. The Labute approximate surface area is 127 Å². The van der Waals surface area contributed by atoms with E-state index in [0.717, 1.165) is 5.56 Å². The summed E-state index contributed by atoms with van der Waals surface area (Å²) >= 11 is 11.7. The molecule has 104 valence electrons. The second-order valence-corrected chi connectivity index (χ2v) is 5.06. The topological polar surface area (TPSA) is 49.3 Å². The first kappa shape index (κ1) is 14.9. The van der Waals surface area contributed by atoms with Crippen LogP contribution in [0.3, 0.4) is 0 Å². The molecule has 1 unspecified atom stereocenters. The lowest BCUT2D eigenvalue weighted by atomic mass is 10.1. The fourth-order valence-electron chi connectivity index (χ4n) is 1.80. The fraction of sp³-hybridized carbons (Fsp3) is 0.133. The highest BCUT2D eigenvalue weighted by Crippen LogP contribution is 2.23. The van der Waals surface area contributed by atoms with Crippen molar-refractivity contribution < 1.29 is 9.90 Å². The maximum Gasteiger partial charge on any atom is 0.251 e. The van der Waals surface area contributed by atoms with Crippen molar-refractivity contribution in [2.24, 2.45) is 0 Å². The highest BCUT2D eigenvalue weighted by molar-refractivity contribution is 6.42. The van der Waals surface area contributed by atoms with Crippen LogP contribution in [0.1, 0.15) is 22.0 Å². The number of aliphatic hydroxyl groups excluding tert-OH is 1. The van der Waals surface area contributed by atoms with Gasteiger partial charge in [0.05, 0.1) is 22.7 Å². The minimum atomic E-state index is -0.460. The van der Waals surface area contributed by atoms with Gasteiger partial charge in [-0.15, -0.1) is 0 Å². The lowest BCUT2D eigenvalue weighted by molar-refractivity contribution is 0.0916. The molecule has 1 atom stereocenters. The third-order valence-electron chi connectivity index (χ3n) is 2.87. The van der Waals surface area contributed by atoms with Crippen LogP contribution in [-0.2, 0) is 0 Å². The Kier molecular flexibility index (Phi) is 5.01. The van der Waals surface area contributed by atoms with E-state index in [1.165, 1.54) is 6.07 Å². The van der Waals surface area contributed by atoms with Crippen LogP contribution in [0, 0.1) is 0 Å². The lowest BCUT2D eigenvalue weighted by Gasteiger charge is -2.16. The molecule has 2 rings (SSSR count). The molecule has 0 fully saturated rings. The predicted octanol–water partition coefficient (Wildman–Crippen LogP) is 3.46. The van der Waals surface area contributed by atoms with Gasteiger partial charge >= 0.3 is 0 Å². The summed E-state index contributed by atoms with van der Waals surface area (Å²) in [4.78, 5) is 12.1. The average molecular weight is 310 g/mol. The van der Waals surface area contributed by atoms with Crippen molar-refractivity contribution in [2.45, 2.75) is 6.04 Å². The number of amides is 1. The summed E-state index contributed by atoms with van der Waals surface area (Å²) in [6.07, 6.45) is 0. The number of carbonyl (C=O) groups is 1. The molecule has 2 aromatic carbocycles. The number of hydrogen-bond donors (Lipinski definition) is 2. The van der Waals surface area contributed by atoms with Crippen molar-refractivity contribution >= 4 is 29.1 Å². The van der Waals surface area contributed by atoms with Crippen LogP contribution in [-0.4, -0.2) is 17.6 Å². The van der Waals surface area contributed by atoms with E-state index < -0.39 is 6.04 Å². The van der Waals surface area contributed by atoms with Crippen LogP contribution in [0.15, 0.2) is 48.5 Å². The zero-order valence-corrected chi connectivity index (χ0v) is 12.0. The van der Waals surface area contributed by atoms with Crippen molar-refractivity contribution in [3.8, 4) is 0 Å². The van der Waals surface area contributed by atoms with Gasteiger partial charge in [0.15, 0.2) is 0 Å². The summed E-state index contributed by atoms with van der Waals surface area (Å²) in [5, 5.41) is 12.9. The SMILES string of the molecule is O=C(NC(CO)c1ccccc1)c1ccc(Cl)c(Cl)c1. The fourth-order valence-corrected chi connectivity index (χ4v) is 2.10. The van der Waals surface area contributed by atoms with E-state index in [4.69, 9.17) is 23.2 Å². The Balaban J connectivity index is 2.15. The van der Waals surface area contributed by atoms with Crippen LogP contribution >= 0.6 is 23.2 Å². The number of hydrogen-bond acceptors (Lipinski definition) is 2. The molecule has 0 spiro atoms. The minimum absolute atomic E-state index is 0.183. The maximum absolute atomic E-state index is 12.1. The molecule has 0 aliphatic carbocycles. The molecule has 0 aliphatic rings. The van der Waals surface area contributed by atoms with Crippen LogP contribution in [0.5, 0.6) is 0 Å². The van der Waals surface area contributed by atoms with Gasteiger partial charge in [0.1, 0.15) is 0 Å². The van der Waals surface area contributed by atoms with Crippen LogP contribution in [0.4, 0.5) is 0 Å². The van der Waals surface area contributed by atoms with E-state index in [2.05, 4.69) is 5.32 Å². The van der Waals surface area contributed by atoms with Gasteiger partial charge in [-0.25, -0.2) is 0 Å². The number of carbonyl (C=O) groups excluding carboxylic acids is 1. The van der Waals surface area contributed by atoms with Crippen LogP contribution in [0.2, 0.25) is 10.0 Å². The second kappa shape index (κ2) is 6.75. The molecular formula is C15H13Cl2NO2. The Bertz CT molecular complexity index is 602. The molecule has 0 heterocycles. The van der Waals surface area contributed by atoms with Crippen molar-refractivity contribution in [1.82, 2.24) is 5.32 Å². The van der Waals surface area contributed by atoms with Crippen LogP contribution in [0.25, 0.3) is 0 Å². The maximum atomic E-state index is 12.1. The molecule has 0 saturated heterocycles. The van der Waals surface area contributed by atoms with Crippen LogP contribution < -0.4 is 5.32 Å². The third kappa shape index (κ3) is 3.51. The molecule has 3 nitrogen and oxygen atoms in total. The number of halogens is 2. The quantitative estimate of drug-likeness (QED) is 0.908. The molecule has 0 aromatic heterocycles. The van der Waals surface area contributed by atoms with Gasteiger partial charge in [0.2, 0.25) is 0 Å². The number of aliphatic hydroxyl groups is 1. The van der Waals surface area contributed by atoms with Gasteiger partial charge in [-0.3, -0.25) is 4.79 Å². The van der Waals surface area contributed by atoms with Gasteiger partial charge in [0.25, 0.3) is 5.91 Å². The molecule has 20 heavy (non-hydrogen) atoms. The summed E-state index contributed by atoms with van der Waals surface area (Å²) in [5.74, 6) is -0.313. The third-order valence-corrected chi connectivity index (χ3v) is 3.61. The molecule has 2 N–H and O–H groups in total. The normalized spacial score (nSPS) is 11.9. The summed E-state index contributed by atoms with van der Waals surface area (Å²) in [6, 6.07) is 13.5. The van der Waals surface area contributed by atoms with Gasteiger partial charge in [0, 0.05) is 5.56 Å². The number of benzene rings is 2.